The Hall–Kier alpha value is -2.38. The van der Waals surface area contributed by atoms with E-state index in [4.69, 9.17) is 11.6 Å². The molecule has 8 heteroatoms. The zero-order valence-electron chi connectivity index (χ0n) is 15.9. The predicted octanol–water partition coefficient (Wildman–Crippen LogP) is 4.97. The Morgan fingerprint density at radius 2 is 1.86 bits per heavy atom. The van der Waals surface area contributed by atoms with E-state index in [2.05, 4.69) is 9.90 Å². The zero-order valence-corrected chi connectivity index (χ0v) is 17.5. The van der Waals surface area contributed by atoms with Crippen LogP contribution in [-0.4, -0.2) is 25.3 Å². The quantitative estimate of drug-likeness (QED) is 0.548. The third-order valence-electron chi connectivity index (χ3n) is 5.19. The molecule has 1 heterocycles. The number of anilines is 1. The van der Waals surface area contributed by atoms with Gasteiger partial charge in [0.2, 0.25) is 10.0 Å². The van der Waals surface area contributed by atoms with Crippen molar-refractivity contribution in [3.63, 3.8) is 0 Å². The van der Waals surface area contributed by atoms with Crippen LogP contribution >= 0.6 is 11.6 Å². The van der Waals surface area contributed by atoms with Crippen molar-refractivity contribution in [2.24, 2.45) is 5.18 Å². The summed E-state index contributed by atoms with van der Waals surface area (Å²) in [4.78, 5) is 11.7. The van der Waals surface area contributed by atoms with Gasteiger partial charge in [0.15, 0.2) is 0 Å². The van der Waals surface area contributed by atoms with E-state index in [1.807, 2.05) is 42.0 Å². The van der Waals surface area contributed by atoms with Gasteiger partial charge in [-0.15, -0.1) is 0 Å². The molecular formula is C20H22ClN3O3S. The lowest BCUT2D eigenvalue weighted by Gasteiger charge is -2.38. The Labute approximate surface area is 169 Å². The van der Waals surface area contributed by atoms with Crippen LogP contribution in [0, 0.1) is 4.91 Å². The minimum Gasteiger partial charge on any atom is -0.335 e. The van der Waals surface area contributed by atoms with E-state index in [1.54, 1.807) is 31.2 Å². The van der Waals surface area contributed by atoms with Crippen molar-refractivity contribution in [1.29, 1.82) is 0 Å². The van der Waals surface area contributed by atoms with Gasteiger partial charge in [0, 0.05) is 16.6 Å². The fourth-order valence-electron chi connectivity index (χ4n) is 3.88. The van der Waals surface area contributed by atoms with Crippen LogP contribution in [0.4, 0.5) is 5.69 Å². The minimum absolute atomic E-state index is 0.492. The van der Waals surface area contributed by atoms with E-state index >= 15 is 0 Å². The molecule has 1 N–H and O–H groups in total. The number of sulfonamides is 1. The number of aromatic nitrogens is 1. The molecule has 0 fully saturated rings. The number of hydrogen-bond acceptors (Lipinski definition) is 4. The predicted molar refractivity (Wildman–Crippen MR) is 114 cm³/mol. The Bertz CT molecular complexity index is 1110. The molecule has 0 aliphatic rings. The number of hydrogen-bond donors (Lipinski definition) is 1. The molecule has 0 radical (unpaired) electrons. The standard InChI is InChI=1S/C20H22ClN3O3S/c1-4-20(14(2)22-25,15-8-10-16(21)11-9-15)24-13-12-17-18(23-28(3,26)27)6-5-7-19(17)24/h5-14,23H,4H2,1-3H3. The molecular weight excluding hydrogens is 398 g/mol. The number of nitroso groups, excluding NO2 is 1. The summed E-state index contributed by atoms with van der Waals surface area (Å²) in [6.45, 7) is 3.79. The van der Waals surface area contributed by atoms with Crippen LogP contribution < -0.4 is 4.72 Å². The van der Waals surface area contributed by atoms with Crippen LogP contribution in [0.1, 0.15) is 25.8 Å². The molecule has 0 aliphatic heterocycles. The zero-order chi connectivity index (χ0) is 20.5. The highest BCUT2D eigenvalue weighted by Crippen LogP contribution is 2.40. The number of benzene rings is 2. The Morgan fingerprint density at radius 1 is 1.18 bits per heavy atom. The lowest BCUT2D eigenvalue weighted by molar-refractivity contribution is 0.296. The number of nitrogens with zero attached hydrogens (tertiary/aromatic N) is 2. The van der Waals surface area contributed by atoms with Crippen LogP contribution in [0.5, 0.6) is 0 Å². The van der Waals surface area contributed by atoms with Crippen LogP contribution in [-0.2, 0) is 15.6 Å². The van der Waals surface area contributed by atoms with Gasteiger partial charge in [-0.3, -0.25) is 4.72 Å². The van der Waals surface area contributed by atoms with Gasteiger partial charge in [-0.05, 0) is 49.2 Å². The third-order valence-corrected chi connectivity index (χ3v) is 6.03. The molecule has 3 rings (SSSR count). The summed E-state index contributed by atoms with van der Waals surface area (Å²) in [6.07, 6.45) is 3.60. The number of rotatable bonds is 7. The first-order chi connectivity index (χ1) is 13.2. The Balaban J connectivity index is 2.29. The summed E-state index contributed by atoms with van der Waals surface area (Å²) in [5.74, 6) is 0. The molecule has 28 heavy (non-hydrogen) atoms. The smallest absolute Gasteiger partial charge is 0.229 e. The van der Waals surface area contributed by atoms with Crippen LogP contribution in [0.2, 0.25) is 5.02 Å². The van der Waals surface area contributed by atoms with Crippen molar-refractivity contribution < 1.29 is 8.42 Å². The maximum atomic E-state index is 11.7. The van der Waals surface area contributed by atoms with Crippen molar-refractivity contribution in [2.75, 3.05) is 11.0 Å². The summed E-state index contributed by atoms with van der Waals surface area (Å²) in [5, 5.41) is 4.72. The van der Waals surface area contributed by atoms with E-state index in [1.165, 1.54) is 0 Å². The lowest BCUT2D eigenvalue weighted by atomic mass is 9.81. The molecule has 0 saturated carbocycles. The van der Waals surface area contributed by atoms with E-state index in [-0.39, 0.29) is 0 Å². The van der Waals surface area contributed by atoms with Crippen molar-refractivity contribution in [1.82, 2.24) is 4.57 Å². The van der Waals surface area contributed by atoms with Crippen LogP contribution in [0.3, 0.4) is 0 Å². The first-order valence-corrected chi connectivity index (χ1v) is 11.2. The second kappa shape index (κ2) is 7.56. The topological polar surface area (TPSA) is 80.5 Å². The molecule has 2 unspecified atom stereocenters. The average Bonchev–Trinajstić information content (AvgIpc) is 3.08. The van der Waals surface area contributed by atoms with Gasteiger partial charge in [-0.1, -0.05) is 41.9 Å². The molecule has 0 aliphatic carbocycles. The number of halogens is 1. The fourth-order valence-corrected chi connectivity index (χ4v) is 4.58. The molecule has 1 aromatic heterocycles. The second-order valence-corrected chi connectivity index (χ2v) is 9.05. The van der Waals surface area contributed by atoms with E-state index in [9.17, 15) is 13.3 Å². The third kappa shape index (κ3) is 3.52. The molecule has 0 saturated heterocycles. The summed E-state index contributed by atoms with van der Waals surface area (Å²) < 4.78 is 28.0. The Morgan fingerprint density at radius 3 is 2.43 bits per heavy atom. The summed E-state index contributed by atoms with van der Waals surface area (Å²) in [7, 11) is -3.42. The molecule has 0 spiro atoms. The van der Waals surface area contributed by atoms with E-state index < -0.39 is 21.6 Å². The Kier molecular flexibility index (Phi) is 5.50. The van der Waals surface area contributed by atoms with E-state index in [0.717, 1.165) is 22.7 Å². The highest BCUT2D eigenvalue weighted by atomic mass is 35.5. The van der Waals surface area contributed by atoms with Crippen molar-refractivity contribution in [3.05, 3.63) is 70.2 Å². The van der Waals surface area contributed by atoms with Gasteiger partial charge in [0.25, 0.3) is 0 Å². The van der Waals surface area contributed by atoms with Gasteiger partial charge in [0.1, 0.15) is 6.04 Å². The van der Waals surface area contributed by atoms with Crippen molar-refractivity contribution >= 4 is 38.2 Å². The molecule has 148 valence electrons. The second-order valence-electron chi connectivity index (χ2n) is 6.86. The van der Waals surface area contributed by atoms with Gasteiger partial charge in [0.05, 0.1) is 23.0 Å². The molecule has 2 atom stereocenters. The number of fused-ring (bicyclic) bond motifs is 1. The highest BCUT2D eigenvalue weighted by molar-refractivity contribution is 7.92. The molecule has 0 bridgehead atoms. The monoisotopic (exact) mass is 419 g/mol. The van der Waals surface area contributed by atoms with E-state index in [0.29, 0.717) is 17.1 Å². The first kappa shape index (κ1) is 20.4. The van der Waals surface area contributed by atoms with Gasteiger partial charge < -0.3 is 4.57 Å². The molecule has 0 amide bonds. The summed E-state index contributed by atoms with van der Waals surface area (Å²) in [6, 6.07) is 14.1. The molecule has 3 aromatic rings. The first-order valence-electron chi connectivity index (χ1n) is 8.89. The average molecular weight is 420 g/mol. The molecule has 2 aromatic carbocycles. The lowest BCUT2D eigenvalue weighted by Crippen LogP contribution is -2.42. The van der Waals surface area contributed by atoms with Gasteiger partial charge in [-0.25, -0.2) is 8.42 Å². The summed E-state index contributed by atoms with van der Waals surface area (Å²) >= 11 is 6.06. The molecule has 6 nitrogen and oxygen atoms in total. The fraction of sp³-hybridized carbons (Fsp3) is 0.300. The summed E-state index contributed by atoms with van der Waals surface area (Å²) in [5.41, 5.74) is 1.47. The highest BCUT2D eigenvalue weighted by Gasteiger charge is 2.40. The van der Waals surface area contributed by atoms with Crippen LogP contribution in [0.15, 0.2) is 59.9 Å². The largest absolute Gasteiger partial charge is 0.335 e. The normalized spacial score (nSPS) is 15.1. The maximum Gasteiger partial charge on any atom is 0.229 e. The van der Waals surface area contributed by atoms with Gasteiger partial charge in [-0.2, -0.15) is 4.91 Å². The SMILES string of the molecule is CCC(c1ccc(Cl)cc1)(C(C)N=O)n1ccc2c(NS(C)(=O)=O)cccc21. The minimum atomic E-state index is -3.42. The van der Waals surface area contributed by atoms with Crippen LogP contribution in [0.25, 0.3) is 10.9 Å². The van der Waals surface area contributed by atoms with Crippen molar-refractivity contribution in [3.8, 4) is 0 Å². The van der Waals surface area contributed by atoms with Crippen molar-refractivity contribution in [2.45, 2.75) is 31.8 Å². The maximum absolute atomic E-state index is 11.7. The van der Waals surface area contributed by atoms with Gasteiger partial charge >= 0.3 is 0 Å². The number of nitrogens with one attached hydrogen (secondary N) is 1.